The van der Waals surface area contributed by atoms with Gasteiger partial charge in [-0.1, -0.05) is 58.7 Å². The molecule has 0 amide bonds. The van der Waals surface area contributed by atoms with Gasteiger partial charge in [0, 0.05) is 22.6 Å². The Kier molecular flexibility index (Phi) is 9.34. The molecule has 4 atom stereocenters. The van der Waals surface area contributed by atoms with Gasteiger partial charge in [0.1, 0.15) is 17.9 Å². The normalized spacial score (nSPS) is 22.2. The van der Waals surface area contributed by atoms with Crippen LogP contribution in [-0.4, -0.2) is 40.4 Å². The Bertz CT molecular complexity index is 1440. The van der Waals surface area contributed by atoms with Crippen LogP contribution < -0.4 is 0 Å². The van der Waals surface area contributed by atoms with Gasteiger partial charge in [0.25, 0.3) is 0 Å². The molecule has 0 bridgehead atoms. The van der Waals surface area contributed by atoms with Gasteiger partial charge in [0.15, 0.2) is 17.9 Å². The lowest BCUT2D eigenvalue weighted by molar-refractivity contribution is -0.289. The van der Waals surface area contributed by atoms with Crippen LogP contribution in [-0.2, 0) is 14.2 Å². The predicted octanol–water partition coefficient (Wildman–Crippen LogP) is 7.95. The number of hydrogen-bond acceptors (Lipinski definition) is 6. The molecule has 4 unspecified atom stereocenters. The van der Waals surface area contributed by atoms with Crippen molar-refractivity contribution in [3.8, 4) is 11.3 Å². The summed E-state index contributed by atoms with van der Waals surface area (Å²) in [6, 6.07) is 17.0. The molecule has 2 aliphatic rings. The van der Waals surface area contributed by atoms with Crippen LogP contribution in [0.25, 0.3) is 11.3 Å². The van der Waals surface area contributed by atoms with Crippen molar-refractivity contribution in [3.63, 3.8) is 0 Å². The molecule has 2 saturated heterocycles. The molecule has 12 heteroatoms. The number of benzene rings is 3. The zero-order valence-electron chi connectivity index (χ0n) is 21.1. The van der Waals surface area contributed by atoms with Gasteiger partial charge in [-0.15, -0.1) is 5.10 Å². The Morgan fingerprint density at radius 1 is 1.00 bits per heavy atom. The predicted molar refractivity (Wildman–Crippen MR) is 147 cm³/mol. The van der Waals surface area contributed by atoms with Crippen molar-refractivity contribution >= 4 is 35.3 Å². The molecular weight excluding hydrogens is 586 g/mol. The van der Waals surface area contributed by atoms with Crippen LogP contribution in [0, 0.1) is 18.6 Å². The minimum atomic E-state index is -0.899. The van der Waals surface area contributed by atoms with Crippen LogP contribution in [0.1, 0.15) is 29.9 Å². The van der Waals surface area contributed by atoms with Crippen molar-refractivity contribution in [2.75, 3.05) is 13.2 Å². The summed E-state index contributed by atoms with van der Waals surface area (Å²) < 4.78 is 59.0. The number of halogens is 5. The van der Waals surface area contributed by atoms with Gasteiger partial charge >= 0.3 is 0 Å². The topological polar surface area (TPSA) is 58.4 Å². The first-order chi connectivity index (χ1) is 19.3. The molecular formula is C28H24Cl2F3N3O3S. The Morgan fingerprint density at radius 3 is 2.52 bits per heavy atom. The second kappa shape index (κ2) is 12.9. The lowest BCUT2D eigenvalue weighted by atomic mass is 9.98. The number of aromatic nitrogens is 3. The van der Waals surface area contributed by atoms with Crippen LogP contribution in [0.3, 0.4) is 0 Å². The third-order valence-electron chi connectivity index (χ3n) is 6.59. The van der Waals surface area contributed by atoms with E-state index < -0.39 is 17.9 Å². The van der Waals surface area contributed by atoms with Crippen LogP contribution in [0.5, 0.6) is 0 Å². The lowest BCUT2D eigenvalue weighted by Crippen LogP contribution is -2.50. The van der Waals surface area contributed by atoms with Gasteiger partial charge in [-0.05, 0) is 49.2 Å². The van der Waals surface area contributed by atoms with Crippen molar-refractivity contribution in [2.45, 2.75) is 42.8 Å². The number of fused-ring (bicyclic) bond motifs is 1. The van der Waals surface area contributed by atoms with E-state index in [9.17, 15) is 12.7 Å². The standard InChI is InChI=1S/C22H21F2N3O3.C6H3Cl2FS/c1-13-9-15(10-16(23)20(13)24)17-11-27(26-25-17)18-7-8-28-19-12-29-22(30-21(18)19)14-5-3-2-4-6-14;7-5-2-1-4(10-9)3-6(5)8/h2-6,9-11,18-19,21-22H,7-8,12H2,1H3;1-3H. The summed E-state index contributed by atoms with van der Waals surface area (Å²) in [7, 11) is 0. The number of rotatable bonds is 4. The summed E-state index contributed by atoms with van der Waals surface area (Å²) in [5.41, 5.74) is 2.13. The molecule has 6 rings (SSSR count). The van der Waals surface area contributed by atoms with Gasteiger partial charge < -0.3 is 14.2 Å². The largest absolute Gasteiger partial charge is 0.373 e. The highest BCUT2D eigenvalue weighted by atomic mass is 35.5. The Morgan fingerprint density at radius 2 is 1.80 bits per heavy atom. The number of ether oxygens (including phenoxy) is 3. The van der Waals surface area contributed by atoms with Crippen molar-refractivity contribution in [2.24, 2.45) is 0 Å². The van der Waals surface area contributed by atoms with E-state index in [2.05, 4.69) is 10.3 Å². The monoisotopic (exact) mass is 609 g/mol. The highest BCUT2D eigenvalue weighted by Crippen LogP contribution is 2.37. The van der Waals surface area contributed by atoms with Crippen molar-refractivity contribution < 1.29 is 26.9 Å². The fourth-order valence-corrected chi connectivity index (χ4v) is 5.22. The van der Waals surface area contributed by atoms with Crippen LogP contribution in [0.2, 0.25) is 10.0 Å². The number of nitrogens with zero attached hydrogens (tertiary/aromatic N) is 3. The minimum absolute atomic E-state index is 0.105. The van der Waals surface area contributed by atoms with Crippen LogP contribution in [0.15, 0.2) is 71.8 Å². The summed E-state index contributed by atoms with van der Waals surface area (Å²) in [6.07, 6.45) is 1.49. The first-order valence-corrected chi connectivity index (χ1v) is 13.9. The molecule has 0 N–H and O–H groups in total. The van der Waals surface area contributed by atoms with E-state index in [-0.39, 0.29) is 36.0 Å². The Labute approximate surface area is 243 Å². The third-order valence-corrected chi connectivity index (χ3v) is 7.76. The van der Waals surface area contributed by atoms with E-state index in [0.29, 0.717) is 45.8 Å². The summed E-state index contributed by atoms with van der Waals surface area (Å²) >= 11 is 11.3. The summed E-state index contributed by atoms with van der Waals surface area (Å²) in [6.45, 7) is 2.49. The van der Waals surface area contributed by atoms with E-state index in [0.717, 1.165) is 11.6 Å². The lowest BCUT2D eigenvalue weighted by Gasteiger charge is -2.43. The van der Waals surface area contributed by atoms with Gasteiger partial charge in [-0.3, -0.25) is 0 Å². The highest BCUT2D eigenvalue weighted by Gasteiger charge is 2.42. The number of aryl methyl sites for hydroxylation is 1. The van der Waals surface area contributed by atoms with Crippen LogP contribution in [0.4, 0.5) is 12.7 Å². The maximum atomic E-state index is 13.8. The quantitative estimate of drug-likeness (QED) is 0.234. The molecule has 3 heterocycles. The van der Waals surface area contributed by atoms with Gasteiger partial charge in [-0.25, -0.2) is 13.5 Å². The zero-order chi connectivity index (χ0) is 28.2. The SMILES string of the molecule is Cc1cc(-c2cn(C3CCOC4COC(c5ccccc5)OC43)nn2)cc(F)c1F.FSc1ccc(Cl)c(Cl)c1. The Balaban J connectivity index is 0.000000274. The Hall–Kier alpha value is -2.60. The second-order valence-corrected chi connectivity index (χ2v) is 10.7. The van der Waals surface area contributed by atoms with Crippen LogP contribution >= 0.6 is 35.3 Å². The molecule has 3 aromatic carbocycles. The number of hydrogen-bond donors (Lipinski definition) is 0. The maximum absolute atomic E-state index is 13.8. The van der Waals surface area contributed by atoms with E-state index in [1.807, 2.05) is 30.3 Å². The zero-order valence-corrected chi connectivity index (χ0v) is 23.5. The summed E-state index contributed by atoms with van der Waals surface area (Å²) in [5.74, 6) is -1.75. The maximum Gasteiger partial charge on any atom is 0.184 e. The average Bonchev–Trinajstić information content (AvgIpc) is 3.47. The van der Waals surface area contributed by atoms with Crippen molar-refractivity contribution in [1.29, 1.82) is 0 Å². The molecule has 6 nitrogen and oxygen atoms in total. The second-order valence-electron chi connectivity index (χ2n) is 9.27. The average molecular weight is 610 g/mol. The molecule has 4 aromatic rings. The highest BCUT2D eigenvalue weighted by molar-refractivity contribution is 7.94. The van der Waals surface area contributed by atoms with Crippen molar-refractivity contribution in [3.05, 3.63) is 99.7 Å². The molecule has 0 saturated carbocycles. The summed E-state index contributed by atoms with van der Waals surface area (Å²) in [4.78, 5) is 0.467. The molecule has 40 heavy (non-hydrogen) atoms. The third kappa shape index (κ3) is 6.48. The first-order valence-electron chi connectivity index (χ1n) is 12.4. The van der Waals surface area contributed by atoms with E-state index in [4.69, 9.17) is 37.4 Å². The van der Waals surface area contributed by atoms with Crippen molar-refractivity contribution in [1.82, 2.24) is 15.0 Å². The summed E-state index contributed by atoms with van der Waals surface area (Å²) in [5, 5.41) is 9.27. The smallest absolute Gasteiger partial charge is 0.184 e. The molecule has 1 aromatic heterocycles. The molecule has 2 fully saturated rings. The van der Waals surface area contributed by atoms with E-state index in [1.54, 1.807) is 29.1 Å². The molecule has 0 aliphatic carbocycles. The molecule has 2 aliphatic heterocycles. The minimum Gasteiger partial charge on any atom is -0.373 e. The van der Waals surface area contributed by atoms with Gasteiger partial charge in [0.2, 0.25) is 0 Å². The van der Waals surface area contributed by atoms with E-state index in [1.165, 1.54) is 13.0 Å². The molecule has 210 valence electrons. The molecule has 0 spiro atoms. The fourth-order valence-electron chi connectivity index (χ4n) is 4.57. The van der Waals surface area contributed by atoms with Gasteiger partial charge in [-0.2, -0.15) is 3.89 Å². The van der Waals surface area contributed by atoms with Gasteiger partial charge in [0.05, 0.1) is 41.0 Å². The first kappa shape index (κ1) is 28.9. The molecule has 0 radical (unpaired) electrons. The van der Waals surface area contributed by atoms with E-state index >= 15 is 0 Å². The fraction of sp³-hybridized carbons (Fsp3) is 0.286.